The summed E-state index contributed by atoms with van der Waals surface area (Å²) in [6, 6.07) is 12.1. The summed E-state index contributed by atoms with van der Waals surface area (Å²) >= 11 is 0. The molecule has 18 heavy (non-hydrogen) atoms. The summed E-state index contributed by atoms with van der Waals surface area (Å²) in [5.74, 6) is 0.0761. The number of anilines is 1. The molecule has 0 aliphatic carbocycles. The fraction of sp³-hybridized carbons (Fsp3) is 0.0714. The Hall–Kier alpha value is -2.36. The predicted octanol–water partition coefficient (Wildman–Crippen LogP) is 3.06. The number of halogens is 1. The molecule has 0 aliphatic rings. The Morgan fingerprint density at radius 3 is 2.72 bits per heavy atom. The Morgan fingerprint density at radius 2 is 1.94 bits per heavy atom. The number of benzene rings is 2. The van der Waals surface area contributed by atoms with Crippen LogP contribution in [-0.2, 0) is 0 Å². The zero-order valence-corrected chi connectivity index (χ0v) is 9.89. The number of aromatic nitrogens is 2. The third kappa shape index (κ3) is 1.54. The second kappa shape index (κ2) is 3.84. The van der Waals surface area contributed by atoms with Crippen LogP contribution in [0.3, 0.4) is 0 Å². The fourth-order valence-corrected chi connectivity index (χ4v) is 2.19. The lowest BCUT2D eigenvalue weighted by Crippen LogP contribution is -2.01. The summed E-state index contributed by atoms with van der Waals surface area (Å²) in [6.45, 7) is 1.99. The average molecular weight is 241 g/mol. The Labute approximate surface area is 104 Å². The SMILES string of the molecule is Cc1cccc2nc(N)n(-c3cccc(F)c3)c12. The number of hydrogen-bond acceptors (Lipinski definition) is 2. The summed E-state index contributed by atoms with van der Waals surface area (Å²) in [7, 11) is 0. The van der Waals surface area contributed by atoms with Crippen molar-refractivity contribution in [2.75, 3.05) is 5.73 Å². The standard InChI is InChI=1S/C14H12FN3/c1-9-4-2-7-12-13(9)18(14(16)17-12)11-6-3-5-10(15)8-11/h2-8H,1H3,(H2,16,17). The molecule has 90 valence electrons. The van der Waals surface area contributed by atoms with Gasteiger partial charge in [-0.3, -0.25) is 4.57 Å². The third-order valence-electron chi connectivity index (χ3n) is 2.97. The molecule has 4 heteroatoms. The summed E-state index contributed by atoms with van der Waals surface area (Å²) in [6.07, 6.45) is 0. The first-order valence-corrected chi connectivity index (χ1v) is 5.66. The number of nitrogens with two attached hydrogens (primary N) is 1. The van der Waals surface area contributed by atoms with Crippen LogP contribution in [0.1, 0.15) is 5.56 Å². The van der Waals surface area contributed by atoms with Gasteiger partial charge in [-0.15, -0.1) is 0 Å². The van der Waals surface area contributed by atoms with E-state index in [1.165, 1.54) is 12.1 Å². The highest BCUT2D eigenvalue weighted by Gasteiger charge is 2.11. The molecule has 3 rings (SSSR count). The molecule has 2 aromatic carbocycles. The first-order chi connectivity index (χ1) is 8.66. The van der Waals surface area contributed by atoms with E-state index in [4.69, 9.17) is 5.73 Å². The summed E-state index contributed by atoms with van der Waals surface area (Å²) in [5.41, 5.74) is 9.41. The summed E-state index contributed by atoms with van der Waals surface area (Å²) in [5, 5.41) is 0. The lowest BCUT2D eigenvalue weighted by molar-refractivity contribution is 0.627. The number of nitrogen functional groups attached to an aromatic ring is 1. The highest BCUT2D eigenvalue weighted by molar-refractivity contribution is 5.83. The topological polar surface area (TPSA) is 43.8 Å². The number of fused-ring (bicyclic) bond motifs is 1. The number of nitrogens with zero attached hydrogens (tertiary/aromatic N) is 2. The Kier molecular flexibility index (Phi) is 2.30. The maximum absolute atomic E-state index is 13.3. The molecule has 0 fully saturated rings. The van der Waals surface area contributed by atoms with Crippen LogP contribution in [0.2, 0.25) is 0 Å². The van der Waals surface area contributed by atoms with Crippen LogP contribution in [-0.4, -0.2) is 9.55 Å². The molecule has 3 nitrogen and oxygen atoms in total. The van der Waals surface area contributed by atoms with Crippen LogP contribution in [0.25, 0.3) is 16.7 Å². The van der Waals surface area contributed by atoms with Gasteiger partial charge in [-0.05, 0) is 36.8 Å². The van der Waals surface area contributed by atoms with Gasteiger partial charge in [-0.1, -0.05) is 18.2 Å². The van der Waals surface area contributed by atoms with Gasteiger partial charge in [0.15, 0.2) is 0 Å². The Bertz CT molecular complexity index is 731. The van der Waals surface area contributed by atoms with Crippen LogP contribution in [0.5, 0.6) is 0 Å². The van der Waals surface area contributed by atoms with Gasteiger partial charge in [0.25, 0.3) is 0 Å². The van der Waals surface area contributed by atoms with Crippen molar-refractivity contribution in [1.29, 1.82) is 0 Å². The normalized spacial score (nSPS) is 11.0. The van der Waals surface area contributed by atoms with Crippen molar-refractivity contribution >= 4 is 17.0 Å². The van der Waals surface area contributed by atoms with Crippen molar-refractivity contribution < 1.29 is 4.39 Å². The number of rotatable bonds is 1. The smallest absolute Gasteiger partial charge is 0.205 e. The molecular weight excluding hydrogens is 229 g/mol. The molecule has 0 aliphatic heterocycles. The second-order valence-corrected chi connectivity index (χ2v) is 4.23. The molecule has 2 N–H and O–H groups in total. The van der Waals surface area contributed by atoms with E-state index in [2.05, 4.69) is 4.98 Å². The van der Waals surface area contributed by atoms with Gasteiger partial charge >= 0.3 is 0 Å². The van der Waals surface area contributed by atoms with Gasteiger partial charge in [-0.2, -0.15) is 0 Å². The van der Waals surface area contributed by atoms with E-state index in [1.54, 1.807) is 10.6 Å². The number of para-hydroxylation sites is 1. The van der Waals surface area contributed by atoms with Crippen molar-refractivity contribution in [3.63, 3.8) is 0 Å². The third-order valence-corrected chi connectivity index (χ3v) is 2.97. The van der Waals surface area contributed by atoms with E-state index in [1.807, 2.05) is 31.2 Å². The maximum atomic E-state index is 13.3. The molecule has 1 heterocycles. The van der Waals surface area contributed by atoms with Crippen molar-refractivity contribution in [2.24, 2.45) is 0 Å². The molecule has 0 saturated carbocycles. The molecule has 0 spiro atoms. The van der Waals surface area contributed by atoms with Crippen LogP contribution >= 0.6 is 0 Å². The van der Waals surface area contributed by atoms with Gasteiger partial charge < -0.3 is 5.73 Å². The van der Waals surface area contributed by atoms with Crippen molar-refractivity contribution in [1.82, 2.24) is 9.55 Å². The van der Waals surface area contributed by atoms with Gasteiger partial charge in [-0.25, -0.2) is 9.37 Å². The molecule has 0 radical (unpaired) electrons. The monoisotopic (exact) mass is 241 g/mol. The van der Waals surface area contributed by atoms with Gasteiger partial charge in [0.05, 0.1) is 16.7 Å². The van der Waals surface area contributed by atoms with Crippen LogP contribution < -0.4 is 5.73 Å². The quantitative estimate of drug-likeness (QED) is 0.711. The van der Waals surface area contributed by atoms with Crippen molar-refractivity contribution in [2.45, 2.75) is 6.92 Å². The van der Waals surface area contributed by atoms with E-state index in [-0.39, 0.29) is 5.82 Å². The van der Waals surface area contributed by atoms with Gasteiger partial charge in [0.1, 0.15) is 5.82 Å². The molecule has 0 bridgehead atoms. The number of imidazole rings is 1. The lowest BCUT2D eigenvalue weighted by Gasteiger charge is -2.08. The highest BCUT2D eigenvalue weighted by Crippen LogP contribution is 2.25. The first kappa shape index (κ1) is 10.8. The minimum atomic E-state index is -0.290. The molecule has 3 aromatic rings. The van der Waals surface area contributed by atoms with Crippen molar-refractivity contribution in [3.05, 3.63) is 53.8 Å². The zero-order chi connectivity index (χ0) is 12.7. The first-order valence-electron chi connectivity index (χ1n) is 5.66. The van der Waals surface area contributed by atoms with E-state index in [9.17, 15) is 4.39 Å². The maximum Gasteiger partial charge on any atom is 0.205 e. The van der Waals surface area contributed by atoms with Crippen LogP contribution in [0.15, 0.2) is 42.5 Å². The molecule has 0 saturated heterocycles. The summed E-state index contributed by atoms with van der Waals surface area (Å²) in [4.78, 5) is 4.30. The van der Waals surface area contributed by atoms with Gasteiger partial charge in [0, 0.05) is 0 Å². The Balaban J connectivity index is 2.38. The van der Waals surface area contributed by atoms with Gasteiger partial charge in [0.2, 0.25) is 5.95 Å². The minimum Gasteiger partial charge on any atom is -0.369 e. The largest absolute Gasteiger partial charge is 0.369 e. The Morgan fingerprint density at radius 1 is 1.17 bits per heavy atom. The molecule has 0 atom stereocenters. The highest BCUT2D eigenvalue weighted by atomic mass is 19.1. The lowest BCUT2D eigenvalue weighted by atomic mass is 10.2. The molecular formula is C14H12FN3. The van der Waals surface area contributed by atoms with E-state index < -0.39 is 0 Å². The average Bonchev–Trinajstić information content (AvgIpc) is 2.67. The van der Waals surface area contributed by atoms with Crippen LogP contribution in [0, 0.1) is 12.7 Å². The molecule has 0 amide bonds. The number of aryl methyl sites for hydroxylation is 1. The zero-order valence-electron chi connectivity index (χ0n) is 9.89. The van der Waals surface area contributed by atoms with E-state index in [0.29, 0.717) is 11.6 Å². The molecule has 1 aromatic heterocycles. The predicted molar refractivity (Wildman–Crippen MR) is 70.2 cm³/mol. The fourth-order valence-electron chi connectivity index (χ4n) is 2.19. The van der Waals surface area contributed by atoms with Crippen LogP contribution in [0.4, 0.5) is 10.3 Å². The number of hydrogen-bond donors (Lipinski definition) is 1. The van der Waals surface area contributed by atoms with Crippen molar-refractivity contribution in [3.8, 4) is 5.69 Å². The van der Waals surface area contributed by atoms with E-state index >= 15 is 0 Å². The summed E-state index contributed by atoms with van der Waals surface area (Å²) < 4.78 is 15.1. The van der Waals surface area contributed by atoms with E-state index in [0.717, 1.165) is 16.6 Å². The minimum absolute atomic E-state index is 0.290. The molecule has 0 unspecified atom stereocenters. The second-order valence-electron chi connectivity index (χ2n) is 4.23.